The van der Waals surface area contributed by atoms with Gasteiger partial charge in [0.15, 0.2) is 0 Å². The van der Waals surface area contributed by atoms with Gasteiger partial charge in [-0.1, -0.05) is 19.9 Å². The number of rotatable bonds is 2. The number of hydrogen-bond donors (Lipinski definition) is 0. The van der Waals surface area contributed by atoms with Gasteiger partial charge < -0.3 is 0 Å². The van der Waals surface area contributed by atoms with E-state index in [4.69, 9.17) is 0 Å². The maximum Gasteiger partial charge on any atom is 0.416 e. The molecule has 0 radical (unpaired) electrons. The van der Waals surface area contributed by atoms with Crippen molar-refractivity contribution in [2.45, 2.75) is 25.9 Å². The monoisotopic (exact) mass is 254 g/mol. The van der Waals surface area contributed by atoms with Gasteiger partial charge in [-0.3, -0.25) is 0 Å². The summed E-state index contributed by atoms with van der Waals surface area (Å²) in [5.74, 6) is 0.247. The molecule has 0 atom stereocenters. The summed E-state index contributed by atoms with van der Waals surface area (Å²) in [4.78, 5) is 0. The van der Waals surface area contributed by atoms with E-state index in [1.807, 2.05) is 19.9 Å². The van der Waals surface area contributed by atoms with Crippen molar-refractivity contribution in [1.82, 2.24) is 9.78 Å². The Morgan fingerprint density at radius 2 is 1.89 bits per heavy atom. The molecular formula is C13H13F3N2. The van der Waals surface area contributed by atoms with Gasteiger partial charge in [0.25, 0.3) is 0 Å². The first-order valence-corrected chi connectivity index (χ1v) is 5.61. The van der Waals surface area contributed by atoms with Gasteiger partial charge >= 0.3 is 6.18 Å². The van der Waals surface area contributed by atoms with Crippen LogP contribution in [0.3, 0.4) is 0 Å². The first-order valence-electron chi connectivity index (χ1n) is 5.61. The summed E-state index contributed by atoms with van der Waals surface area (Å²) in [6.07, 6.45) is -2.66. The zero-order chi connectivity index (χ0) is 13.3. The van der Waals surface area contributed by atoms with Crippen molar-refractivity contribution in [2.75, 3.05) is 0 Å². The van der Waals surface area contributed by atoms with Gasteiger partial charge in [0.1, 0.15) is 0 Å². The molecule has 0 aliphatic heterocycles. The van der Waals surface area contributed by atoms with Crippen LogP contribution in [0, 0.1) is 0 Å². The molecule has 0 aliphatic rings. The normalized spacial score (nSPS) is 12.1. The minimum absolute atomic E-state index is 0.247. The van der Waals surface area contributed by atoms with Crippen molar-refractivity contribution >= 4 is 0 Å². The average Bonchev–Trinajstić information content (AvgIpc) is 2.77. The molecular weight excluding hydrogens is 241 g/mol. The standard InChI is InChI=1S/C13H13F3N2/c1-9(2)12-6-7-18(17-12)11-5-3-4-10(8-11)13(14,15)16/h3-9H,1-2H3. The van der Waals surface area contributed by atoms with Crippen LogP contribution in [-0.2, 0) is 6.18 Å². The predicted molar refractivity (Wildman–Crippen MR) is 62.7 cm³/mol. The smallest absolute Gasteiger partial charge is 0.241 e. The van der Waals surface area contributed by atoms with Crippen molar-refractivity contribution in [2.24, 2.45) is 0 Å². The van der Waals surface area contributed by atoms with Crippen LogP contribution in [0.1, 0.15) is 31.0 Å². The Hall–Kier alpha value is -1.78. The first kappa shape index (κ1) is 12.7. The Bertz CT molecular complexity index is 541. The molecule has 18 heavy (non-hydrogen) atoms. The van der Waals surface area contributed by atoms with Crippen LogP contribution in [0.4, 0.5) is 13.2 Å². The lowest BCUT2D eigenvalue weighted by Gasteiger charge is -2.08. The van der Waals surface area contributed by atoms with E-state index in [1.54, 1.807) is 12.3 Å². The number of halogens is 3. The molecule has 0 spiro atoms. The van der Waals surface area contributed by atoms with Gasteiger partial charge in [-0.25, -0.2) is 4.68 Å². The Morgan fingerprint density at radius 1 is 1.17 bits per heavy atom. The van der Waals surface area contributed by atoms with Gasteiger partial charge in [0, 0.05) is 6.20 Å². The summed E-state index contributed by atoms with van der Waals surface area (Å²) in [6, 6.07) is 6.94. The fourth-order valence-electron chi connectivity index (χ4n) is 1.61. The van der Waals surface area contributed by atoms with E-state index in [0.717, 1.165) is 17.8 Å². The highest BCUT2D eigenvalue weighted by atomic mass is 19.4. The summed E-state index contributed by atoms with van der Waals surface area (Å²) in [5.41, 5.74) is 0.603. The Labute approximate surface area is 103 Å². The van der Waals surface area contributed by atoms with E-state index in [0.29, 0.717) is 5.69 Å². The van der Waals surface area contributed by atoms with E-state index in [-0.39, 0.29) is 5.92 Å². The Balaban J connectivity index is 2.38. The zero-order valence-corrected chi connectivity index (χ0v) is 10.1. The molecule has 2 aromatic rings. The lowest BCUT2D eigenvalue weighted by atomic mass is 10.1. The molecule has 0 fully saturated rings. The molecule has 1 aromatic carbocycles. The van der Waals surface area contributed by atoms with Gasteiger partial charge in [-0.15, -0.1) is 0 Å². The van der Waals surface area contributed by atoms with E-state index >= 15 is 0 Å². The molecule has 0 bridgehead atoms. The molecule has 96 valence electrons. The SMILES string of the molecule is CC(C)c1ccn(-c2cccc(C(F)(F)F)c2)n1. The van der Waals surface area contributed by atoms with Crippen LogP contribution in [0.15, 0.2) is 36.5 Å². The van der Waals surface area contributed by atoms with Crippen LogP contribution < -0.4 is 0 Å². The van der Waals surface area contributed by atoms with Crippen molar-refractivity contribution < 1.29 is 13.2 Å². The Morgan fingerprint density at radius 3 is 2.44 bits per heavy atom. The minimum atomic E-state index is -4.33. The predicted octanol–water partition coefficient (Wildman–Crippen LogP) is 4.01. The number of aromatic nitrogens is 2. The summed E-state index contributed by atoms with van der Waals surface area (Å²) < 4.78 is 39.2. The van der Waals surface area contributed by atoms with Gasteiger partial charge in [-0.2, -0.15) is 18.3 Å². The number of hydrogen-bond acceptors (Lipinski definition) is 1. The molecule has 1 aromatic heterocycles. The third-order valence-electron chi connectivity index (χ3n) is 2.64. The lowest BCUT2D eigenvalue weighted by molar-refractivity contribution is -0.137. The second-order valence-corrected chi connectivity index (χ2v) is 4.39. The molecule has 0 N–H and O–H groups in total. The van der Waals surface area contributed by atoms with Gasteiger partial charge in [0.2, 0.25) is 0 Å². The van der Waals surface area contributed by atoms with E-state index < -0.39 is 11.7 Å². The van der Waals surface area contributed by atoms with Gasteiger partial charge in [-0.05, 0) is 30.2 Å². The molecule has 5 heteroatoms. The highest BCUT2D eigenvalue weighted by Gasteiger charge is 2.30. The number of benzene rings is 1. The van der Waals surface area contributed by atoms with E-state index in [9.17, 15) is 13.2 Å². The molecule has 2 rings (SSSR count). The third-order valence-corrected chi connectivity index (χ3v) is 2.64. The molecule has 0 aliphatic carbocycles. The van der Waals surface area contributed by atoms with Crippen molar-refractivity contribution in [3.63, 3.8) is 0 Å². The molecule has 1 heterocycles. The second-order valence-electron chi connectivity index (χ2n) is 4.39. The van der Waals surface area contributed by atoms with Crippen molar-refractivity contribution in [3.05, 3.63) is 47.8 Å². The fourth-order valence-corrected chi connectivity index (χ4v) is 1.61. The van der Waals surface area contributed by atoms with E-state index in [1.165, 1.54) is 10.7 Å². The Kier molecular flexibility index (Phi) is 3.15. The lowest BCUT2D eigenvalue weighted by Crippen LogP contribution is -2.06. The van der Waals surface area contributed by atoms with Crippen LogP contribution in [-0.4, -0.2) is 9.78 Å². The third kappa shape index (κ3) is 2.55. The largest absolute Gasteiger partial charge is 0.416 e. The van der Waals surface area contributed by atoms with Crippen LogP contribution in [0.5, 0.6) is 0 Å². The van der Waals surface area contributed by atoms with Crippen molar-refractivity contribution in [1.29, 1.82) is 0 Å². The highest BCUT2D eigenvalue weighted by Crippen LogP contribution is 2.30. The highest BCUT2D eigenvalue weighted by molar-refractivity contribution is 5.36. The summed E-state index contributed by atoms with van der Waals surface area (Å²) in [7, 11) is 0. The number of nitrogens with zero attached hydrogens (tertiary/aromatic N) is 2. The molecule has 2 nitrogen and oxygen atoms in total. The second kappa shape index (κ2) is 4.48. The van der Waals surface area contributed by atoms with E-state index in [2.05, 4.69) is 5.10 Å². The quantitative estimate of drug-likeness (QED) is 0.791. The summed E-state index contributed by atoms with van der Waals surface area (Å²) in [5, 5.41) is 4.25. The topological polar surface area (TPSA) is 17.8 Å². The first-order chi connectivity index (χ1) is 8.38. The number of alkyl halides is 3. The average molecular weight is 254 g/mol. The van der Waals surface area contributed by atoms with Gasteiger partial charge in [0.05, 0.1) is 16.9 Å². The summed E-state index contributed by atoms with van der Waals surface area (Å²) in [6.45, 7) is 3.97. The molecule has 0 amide bonds. The van der Waals surface area contributed by atoms with Crippen molar-refractivity contribution in [3.8, 4) is 5.69 Å². The van der Waals surface area contributed by atoms with Crippen LogP contribution >= 0.6 is 0 Å². The van der Waals surface area contributed by atoms with Crippen LogP contribution in [0.25, 0.3) is 5.69 Å². The molecule has 0 saturated heterocycles. The maximum absolute atomic E-state index is 12.6. The minimum Gasteiger partial charge on any atom is -0.241 e. The van der Waals surface area contributed by atoms with Crippen LogP contribution in [0.2, 0.25) is 0 Å². The molecule has 0 unspecified atom stereocenters. The fraction of sp³-hybridized carbons (Fsp3) is 0.308. The summed E-state index contributed by atoms with van der Waals surface area (Å²) >= 11 is 0. The zero-order valence-electron chi connectivity index (χ0n) is 10.1. The maximum atomic E-state index is 12.6. The molecule has 0 saturated carbocycles.